The maximum atomic E-state index is 13.2. The molecule has 0 atom stereocenters. The Morgan fingerprint density at radius 3 is 2.59 bits per heavy atom. The van der Waals surface area contributed by atoms with E-state index in [9.17, 15) is 13.2 Å². The van der Waals surface area contributed by atoms with Crippen molar-refractivity contribution in [2.75, 3.05) is 10.7 Å². The van der Waals surface area contributed by atoms with Gasteiger partial charge < -0.3 is 4.42 Å². The van der Waals surface area contributed by atoms with Crippen LogP contribution in [0.15, 0.2) is 70.2 Å². The number of aryl methyl sites for hydroxylation is 1. The molecule has 0 N–H and O–H groups in total. The molecule has 2 heterocycles. The summed E-state index contributed by atoms with van der Waals surface area (Å²) >= 11 is 7.26. The number of carbonyl (C=O) groups excluding carboxylic acids is 1. The molecule has 4 aromatic rings. The molecule has 2 aromatic heterocycles. The Bertz CT molecular complexity index is 1330. The average Bonchev–Trinajstić information content (AvgIpc) is 3.45. The fraction of sp³-hybridized carbons (Fsp3) is 0.217. The lowest BCUT2D eigenvalue weighted by Crippen LogP contribution is -2.31. The monoisotopic (exact) mass is 488 g/mol. The van der Waals surface area contributed by atoms with E-state index in [1.807, 2.05) is 18.2 Å². The van der Waals surface area contributed by atoms with Gasteiger partial charge in [0.15, 0.2) is 15.0 Å². The smallest absolute Gasteiger partial charge is 0.230 e. The van der Waals surface area contributed by atoms with Crippen molar-refractivity contribution in [3.05, 3.63) is 77.2 Å². The molecule has 0 radical (unpaired) electrons. The van der Waals surface area contributed by atoms with E-state index in [0.717, 1.165) is 22.2 Å². The van der Waals surface area contributed by atoms with Crippen molar-refractivity contribution in [1.82, 2.24) is 4.98 Å². The second kappa shape index (κ2) is 9.44. The average molecular weight is 489 g/mol. The summed E-state index contributed by atoms with van der Waals surface area (Å²) in [5.41, 5.74) is 1.96. The molecule has 0 aliphatic heterocycles. The third kappa shape index (κ3) is 4.87. The number of para-hydroxylation sites is 1. The Kier molecular flexibility index (Phi) is 6.64. The van der Waals surface area contributed by atoms with Crippen molar-refractivity contribution in [1.29, 1.82) is 0 Å². The predicted octanol–water partition coefficient (Wildman–Crippen LogP) is 5.50. The number of fused-ring (bicyclic) bond motifs is 1. The Morgan fingerprint density at radius 1 is 1.12 bits per heavy atom. The lowest BCUT2D eigenvalue weighted by Gasteiger charge is -2.18. The number of hydrogen-bond acceptors (Lipinski definition) is 6. The number of anilines is 1. The molecule has 1 amide bonds. The van der Waals surface area contributed by atoms with E-state index in [-0.39, 0.29) is 29.5 Å². The molecule has 0 unspecified atom stereocenters. The summed E-state index contributed by atoms with van der Waals surface area (Å²) in [5, 5.41) is 0.970. The summed E-state index contributed by atoms with van der Waals surface area (Å²) in [6, 6.07) is 15.4. The minimum absolute atomic E-state index is 0.139. The molecule has 0 saturated carbocycles. The van der Waals surface area contributed by atoms with Crippen LogP contribution in [0.25, 0.3) is 10.2 Å². The molecule has 9 heteroatoms. The Hall–Kier alpha value is -2.68. The van der Waals surface area contributed by atoms with Gasteiger partial charge in [0, 0.05) is 11.4 Å². The first kappa shape index (κ1) is 22.5. The third-order valence-corrected chi connectivity index (χ3v) is 8.08. The number of nitrogens with zero attached hydrogens (tertiary/aromatic N) is 2. The van der Waals surface area contributed by atoms with E-state index >= 15 is 0 Å². The number of benzene rings is 2. The van der Waals surface area contributed by atoms with Crippen LogP contribution in [0.5, 0.6) is 0 Å². The second-order valence-corrected chi connectivity index (χ2v) is 10.8. The van der Waals surface area contributed by atoms with Crippen LogP contribution in [0, 0.1) is 0 Å². The fourth-order valence-corrected chi connectivity index (χ4v) is 5.72. The van der Waals surface area contributed by atoms with Gasteiger partial charge in [0.05, 0.1) is 33.7 Å². The van der Waals surface area contributed by atoms with Crippen LogP contribution >= 0.6 is 22.9 Å². The predicted molar refractivity (Wildman–Crippen MR) is 127 cm³/mol. The number of thiazole rings is 1. The van der Waals surface area contributed by atoms with Gasteiger partial charge in [0.2, 0.25) is 5.91 Å². The number of furan rings is 1. The summed E-state index contributed by atoms with van der Waals surface area (Å²) in [6.45, 7) is 2.23. The lowest BCUT2D eigenvalue weighted by atomic mass is 10.1. The van der Waals surface area contributed by atoms with Gasteiger partial charge in [-0.25, -0.2) is 13.4 Å². The quantitative estimate of drug-likeness (QED) is 0.327. The Labute approximate surface area is 195 Å². The fourth-order valence-electron chi connectivity index (χ4n) is 3.33. The minimum atomic E-state index is -3.63. The molecule has 0 aliphatic carbocycles. The van der Waals surface area contributed by atoms with Gasteiger partial charge in [0.1, 0.15) is 5.76 Å². The van der Waals surface area contributed by atoms with Gasteiger partial charge in [-0.1, -0.05) is 42.0 Å². The molecule has 166 valence electrons. The minimum Gasteiger partial charge on any atom is -0.467 e. The van der Waals surface area contributed by atoms with Gasteiger partial charge in [-0.3, -0.25) is 9.69 Å². The second-order valence-electron chi connectivity index (χ2n) is 7.20. The number of hydrogen-bond donors (Lipinski definition) is 0. The molecule has 0 bridgehead atoms. The van der Waals surface area contributed by atoms with Crippen molar-refractivity contribution in [2.45, 2.75) is 31.2 Å². The first-order chi connectivity index (χ1) is 15.4. The molecule has 0 aliphatic rings. The van der Waals surface area contributed by atoms with Crippen LogP contribution < -0.4 is 4.90 Å². The van der Waals surface area contributed by atoms with Gasteiger partial charge in [0.25, 0.3) is 0 Å². The van der Waals surface area contributed by atoms with Gasteiger partial charge in [-0.05, 0) is 54.4 Å². The van der Waals surface area contributed by atoms with Gasteiger partial charge >= 0.3 is 0 Å². The summed E-state index contributed by atoms with van der Waals surface area (Å²) < 4.78 is 31.8. The summed E-state index contributed by atoms with van der Waals surface area (Å²) in [7, 11) is -3.63. The van der Waals surface area contributed by atoms with E-state index in [1.54, 1.807) is 12.1 Å². The third-order valence-electron chi connectivity index (χ3n) is 5.06. The lowest BCUT2D eigenvalue weighted by molar-refractivity contribution is -0.118. The van der Waals surface area contributed by atoms with E-state index in [1.165, 1.54) is 46.8 Å². The van der Waals surface area contributed by atoms with Crippen LogP contribution in [-0.4, -0.2) is 25.1 Å². The molecule has 0 saturated heterocycles. The SMILES string of the molecule is CCc1cccc2sc(N(Cc3ccco3)C(=O)CCS(=O)(=O)c3ccc(Cl)cc3)nc12. The maximum Gasteiger partial charge on any atom is 0.230 e. The summed E-state index contributed by atoms with van der Waals surface area (Å²) in [5.74, 6) is -0.0577. The van der Waals surface area contributed by atoms with Gasteiger partial charge in [-0.2, -0.15) is 0 Å². The van der Waals surface area contributed by atoms with Crippen molar-refractivity contribution in [2.24, 2.45) is 0 Å². The van der Waals surface area contributed by atoms with Crippen LogP contribution in [0.1, 0.15) is 24.7 Å². The van der Waals surface area contributed by atoms with Crippen molar-refractivity contribution in [3.8, 4) is 0 Å². The van der Waals surface area contributed by atoms with E-state index in [4.69, 9.17) is 21.0 Å². The zero-order chi connectivity index (χ0) is 22.7. The zero-order valence-electron chi connectivity index (χ0n) is 17.3. The van der Waals surface area contributed by atoms with E-state index < -0.39 is 9.84 Å². The topological polar surface area (TPSA) is 80.5 Å². The number of amides is 1. The number of carbonyl (C=O) groups is 1. The number of rotatable bonds is 8. The zero-order valence-corrected chi connectivity index (χ0v) is 19.7. The molecule has 6 nitrogen and oxygen atoms in total. The first-order valence-electron chi connectivity index (χ1n) is 10.1. The molecular weight excluding hydrogens is 468 g/mol. The molecule has 4 rings (SSSR count). The van der Waals surface area contributed by atoms with Gasteiger partial charge in [-0.15, -0.1) is 0 Å². The molecular formula is C23H21ClN2O4S2. The molecule has 0 fully saturated rings. The molecule has 2 aromatic carbocycles. The van der Waals surface area contributed by atoms with Crippen molar-refractivity contribution < 1.29 is 17.6 Å². The van der Waals surface area contributed by atoms with Crippen molar-refractivity contribution in [3.63, 3.8) is 0 Å². The molecule has 0 spiro atoms. The maximum absolute atomic E-state index is 13.2. The normalized spacial score (nSPS) is 11.7. The number of aromatic nitrogens is 1. The largest absolute Gasteiger partial charge is 0.467 e. The van der Waals surface area contributed by atoms with Crippen LogP contribution in [0.4, 0.5) is 5.13 Å². The molecule has 32 heavy (non-hydrogen) atoms. The first-order valence-corrected chi connectivity index (χ1v) is 12.9. The van der Waals surface area contributed by atoms with Crippen molar-refractivity contribution >= 4 is 54.0 Å². The van der Waals surface area contributed by atoms with E-state index in [0.29, 0.717) is 15.9 Å². The van der Waals surface area contributed by atoms with Crippen LogP contribution in [0.2, 0.25) is 5.02 Å². The van der Waals surface area contributed by atoms with Crippen LogP contribution in [-0.2, 0) is 27.6 Å². The Morgan fingerprint density at radius 2 is 1.91 bits per heavy atom. The summed E-state index contributed by atoms with van der Waals surface area (Å²) in [6.07, 6.45) is 2.19. The highest BCUT2D eigenvalue weighted by molar-refractivity contribution is 7.91. The standard InChI is InChI=1S/C23H21ClN2O4S2/c1-2-16-5-3-7-20-22(16)25-23(31-20)26(15-18-6-4-13-30-18)21(27)12-14-32(28,29)19-10-8-17(24)9-11-19/h3-11,13H,2,12,14-15H2,1H3. The van der Waals surface area contributed by atoms with Crippen LogP contribution in [0.3, 0.4) is 0 Å². The van der Waals surface area contributed by atoms with E-state index in [2.05, 4.69) is 6.92 Å². The summed E-state index contributed by atoms with van der Waals surface area (Å²) in [4.78, 5) is 19.6. The Balaban J connectivity index is 1.60. The number of halogens is 1. The highest BCUT2D eigenvalue weighted by atomic mass is 35.5. The highest BCUT2D eigenvalue weighted by Gasteiger charge is 2.24. The highest BCUT2D eigenvalue weighted by Crippen LogP contribution is 2.32. The number of sulfone groups is 1.